The summed E-state index contributed by atoms with van der Waals surface area (Å²) in [6, 6.07) is 8.16. The number of hydrogen-bond donors (Lipinski definition) is 1. The van der Waals surface area contributed by atoms with E-state index in [0.717, 1.165) is 41.8 Å². The van der Waals surface area contributed by atoms with Gasteiger partial charge in [0.1, 0.15) is 14.9 Å². The maximum atomic E-state index is 13.4. The Labute approximate surface area is 209 Å². The van der Waals surface area contributed by atoms with Gasteiger partial charge in [-0.15, -0.1) is 11.3 Å². The fourth-order valence-electron chi connectivity index (χ4n) is 2.83. The number of halogens is 2. The van der Waals surface area contributed by atoms with Crippen LogP contribution in [0.5, 0.6) is 0 Å². The van der Waals surface area contributed by atoms with E-state index in [4.69, 9.17) is 16.3 Å². The fourth-order valence-corrected chi connectivity index (χ4v) is 6.70. The van der Waals surface area contributed by atoms with Gasteiger partial charge in [-0.25, -0.2) is 22.6 Å². The van der Waals surface area contributed by atoms with E-state index in [1.807, 2.05) is 0 Å². The highest BCUT2D eigenvalue weighted by Gasteiger charge is 2.23. The molecule has 0 unspecified atom stereocenters. The third-order valence-electron chi connectivity index (χ3n) is 4.46. The number of nitro benzene ring substituents is 1. The molecule has 1 amide bonds. The van der Waals surface area contributed by atoms with Crippen LogP contribution in [0.2, 0.25) is 5.02 Å². The lowest BCUT2D eigenvalue weighted by atomic mass is 10.2. The smallest absolute Gasteiger partial charge is 0.350 e. The lowest BCUT2D eigenvalue weighted by Gasteiger charge is -2.04. The van der Waals surface area contributed by atoms with Gasteiger partial charge < -0.3 is 4.74 Å². The molecule has 10 nitrogen and oxygen atoms in total. The van der Waals surface area contributed by atoms with E-state index in [-0.39, 0.29) is 29.8 Å². The van der Waals surface area contributed by atoms with Gasteiger partial charge in [0.05, 0.1) is 21.0 Å². The van der Waals surface area contributed by atoms with Gasteiger partial charge in [0.15, 0.2) is 11.7 Å². The molecule has 0 spiro atoms. The first-order chi connectivity index (χ1) is 16.6. The minimum atomic E-state index is -4.02. The molecule has 0 aliphatic heterocycles. The number of rotatable bonds is 7. The zero-order chi connectivity index (χ0) is 25.3. The molecule has 2 aromatic carbocycles. The normalized spacial score (nSPS) is 11.4. The Balaban J connectivity index is 1.40. The van der Waals surface area contributed by atoms with Gasteiger partial charge in [0.2, 0.25) is 9.84 Å². The minimum absolute atomic E-state index is 0.00536. The number of hydrogen-bond acceptors (Lipinski definition) is 10. The van der Waals surface area contributed by atoms with Crippen molar-refractivity contribution in [3.05, 3.63) is 74.5 Å². The number of carbonyl (C=O) groups is 2. The van der Waals surface area contributed by atoms with E-state index >= 15 is 0 Å². The maximum absolute atomic E-state index is 13.4. The van der Waals surface area contributed by atoms with Gasteiger partial charge in [-0.2, -0.15) is 0 Å². The molecule has 0 bridgehead atoms. The molecule has 0 fully saturated rings. The summed E-state index contributed by atoms with van der Waals surface area (Å²) in [5.41, 5.74) is -0.264. The van der Waals surface area contributed by atoms with Crippen molar-refractivity contribution in [3.8, 4) is 0 Å². The Morgan fingerprint density at radius 3 is 2.57 bits per heavy atom. The lowest BCUT2D eigenvalue weighted by Crippen LogP contribution is -2.20. The number of non-ortho nitro benzene ring substituents is 1. The summed E-state index contributed by atoms with van der Waals surface area (Å²) in [4.78, 5) is 38.2. The number of esters is 1. The molecule has 0 radical (unpaired) electrons. The zero-order valence-corrected chi connectivity index (χ0v) is 20.3. The minimum Gasteiger partial charge on any atom is -0.451 e. The van der Waals surface area contributed by atoms with Gasteiger partial charge in [-0.3, -0.25) is 20.2 Å². The summed E-state index contributed by atoms with van der Waals surface area (Å²) in [5, 5.41) is 13.5. The Morgan fingerprint density at radius 1 is 1.17 bits per heavy atom. The summed E-state index contributed by atoms with van der Waals surface area (Å²) in [7, 11) is -4.02. The lowest BCUT2D eigenvalue weighted by molar-refractivity contribution is -0.384. The van der Waals surface area contributed by atoms with Crippen LogP contribution >= 0.6 is 34.3 Å². The van der Waals surface area contributed by atoms with Gasteiger partial charge in [-0.05, 0) is 30.3 Å². The molecule has 4 rings (SSSR count). The average Bonchev–Trinajstić information content (AvgIpc) is 3.42. The van der Waals surface area contributed by atoms with E-state index in [1.165, 1.54) is 18.2 Å². The molecule has 2 aromatic heterocycles. The molecule has 35 heavy (non-hydrogen) atoms. The highest BCUT2D eigenvalue weighted by atomic mass is 35.5. The van der Waals surface area contributed by atoms with Crippen LogP contribution in [0, 0.1) is 15.9 Å². The van der Waals surface area contributed by atoms with Gasteiger partial charge >= 0.3 is 5.97 Å². The molecule has 4 aromatic rings. The summed E-state index contributed by atoms with van der Waals surface area (Å²) >= 11 is 7.72. The number of nitrogens with one attached hydrogen (secondary N) is 1. The van der Waals surface area contributed by atoms with E-state index in [1.54, 1.807) is 0 Å². The average molecular weight is 556 g/mol. The highest BCUT2D eigenvalue weighted by molar-refractivity contribution is 7.93. The van der Waals surface area contributed by atoms with Crippen LogP contribution in [0.15, 0.2) is 57.8 Å². The Bertz CT molecular complexity index is 1580. The Kier molecular flexibility index (Phi) is 6.80. The first-order valence-electron chi connectivity index (χ1n) is 9.36. The zero-order valence-electron chi connectivity index (χ0n) is 17.1. The molecule has 0 aliphatic rings. The molecule has 15 heteroatoms. The molecule has 0 aliphatic carbocycles. The fraction of sp³-hybridized carbons (Fsp3) is 0.0500. The number of thiophene rings is 1. The largest absolute Gasteiger partial charge is 0.451 e. The second-order valence-electron chi connectivity index (χ2n) is 6.75. The SMILES string of the molecule is O=C(COC(=O)c1sc2cc(F)ccc2c1Cl)Nc1ncc(S(=O)(=O)c2ccc([N+](=O)[O-])cc2)s1. The van der Waals surface area contributed by atoms with E-state index < -0.39 is 39.1 Å². The summed E-state index contributed by atoms with van der Waals surface area (Å²) in [6.45, 7) is -0.707. The van der Waals surface area contributed by atoms with Gasteiger partial charge in [0, 0.05) is 22.2 Å². The molecule has 0 atom stereocenters. The van der Waals surface area contributed by atoms with Crippen molar-refractivity contribution < 1.29 is 32.1 Å². The quantitative estimate of drug-likeness (QED) is 0.196. The van der Waals surface area contributed by atoms with E-state index in [2.05, 4.69) is 10.3 Å². The number of fused-ring (bicyclic) bond motifs is 1. The van der Waals surface area contributed by atoms with Crippen LogP contribution in [0.25, 0.3) is 10.1 Å². The number of benzene rings is 2. The van der Waals surface area contributed by atoms with Crippen molar-refractivity contribution in [3.63, 3.8) is 0 Å². The number of nitro groups is 1. The predicted octanol–water partition coefficient (Wildman–Crippen LogP) is 4.69. The number of nitrogens with zero attached hydrogens (tertiary/aromatic N) is 2. The van der Waals surface area contributed by atoms with Crippen LogP contribution in [0.4, 0.5) is 15.2 Å². The number of amides is 1. The Morgan fingerprint density at radius 2 is 1.89 bits per heavy atom. The Hall–Kier alpha value is -3.46. The number of aromatic nitrogens is 1. The van der Waals surface area contributed by atoms with Crippen LogP contribution < -0.4 is 5.32 Å². The first-order valence-corrected chi connectivity index (χ1v) is 12.9. The molecule has 1 N–H and O–H groups in total. The number of thiazole rings is 1. The molecule has 180 valence electrons. The van der Waals surface area contributed by atoms with Crippen molar-refractivity contribution in [1.82, 2.24) is 4.98 Å². The summed E-state index contributed by atoms with van der Waals surface area (Å²) in [6.07, 6.45) is 1.03. The standard InChI is InChI=1S/C20H11ClFN3O7S3/c21-17-13-6-1-10(22)7-14(13)33-18(17)19(27)32-9-15(26)24-20-23-8-16(34-20)35(30,31)12-4-2-11(3-5-12)25(28)29/h1-8H,9H2,(H,23,24,26). The molecule has 0 saturated heterocycles. The van der Waals surface area contributed by atoms with Crippen LogP contribution in [0.1, 0.15) is 9.67 Å². The van der Waals surface area contributed by atoms with E-state index in [0.29, 0.717) is 21.4 Å². The van der Waals surface area contributed by atoms with Crippen molar-refractivity contribution in [1.29, 1.82) is 0 Å². The second-order valence-corrected chi connectivity index (χ2v) is 11.4. The first kappa shape index (κ1) is 24.7. The van der Waals surface area contributed by atoms with Crippen molar-refractivity contribution >= 4 is 76.9 Å². The van der Waals surface area contributed by atoms with Gasteiger partial charge in [-0.1, -0.05) is 22.9 Å². The third kappa shape index (κ3) is 5.14. The predicted molar refractivity (Wildman–Crippen MR) is 126 cm³/mol. The number of sulfone groups is 1. The van der Waals surface area contributed by atoms with Crippen LogP contribution in [-0.4, -0.2) is 36.8 Å². The number of ether oxygens (including phenoxy) is 1. The maximum Gasteiger partial charge on any atom is 0.350 e. The van der Waals surface area contributed by atoms with Crippen molar-refractivity contribution in [2.45, 2.75) is 9.10 Å². The van der Waals surface area contributed by atoms with Crippen molar-refractivity contribution in [2.24, 2.45) is 0 Å². The summed E-state index contributed by atoms with van der Waals surface area (Å²) < 4.78 is 44.0. The molecular formula is C20H11ClFN3O7S3. The topological polar surface area (TPSA) is 146 Å². The molecular weight excluding hydrogens is 545 g/mol. The van der Waals surface area contributed by atoms with Crippen molar-refractivity contribution in [2.75, 3.05) is 11.9 Å². The van der Waals surface area contributed by atoms with E-state index in [9.17, 15) is 32.5 Å². The number of carbonyl (C=O) groups excluding carboxylic acids is 2. The molecule has 2 heterocycles. The monoisotopic (exact) mass is 555 g/mol. The van der Waals surface area contributed by atoms with Crippen LogP contribution in [-0.2, 0) is 19.4 Å². The highest BCUT2D eigenvalue weighted by Crippen LogP contribution is 2.36. The second kappa shape index (κ2) is 9.65. The van der Waals surface area contributed by atoms with Gasteiger partial charge in [0.25, 0.3) is 11.6 Å². The third-order valence-corrected chi connectivity index (χ3v) is 9.25. The number of anilines is 1. The summed E-state index contributed by atoms with van der Waals surface area (Å²) in [5.74, 6) is -2.16. The molecule has 0 saturated carbocycles. The van der Waals surface area contributed by atoms with Crippen LogP contribution in [0.3, 0.4) is 0 Å².